The Morgan fingerprint density at radius 1 is 0.933 bits per heavy atom. The number of nitriles is 1. The second kappa shape index (κ2) is 26.1. The molecule has 16 heteroatoms. The highest BCUT2D eigenvalue weighted by atomic mass is 31.2. The second-order valence-electron chi connectivity index (χ2n) is 16.0. The third-order valence-corrected chi connectivity index (χ3v) is 11.7. The number of phosphoric acid groups is 1. The summed E-state index contributed by atoms with van der Waals surface area (Å²) in [5.74, 6) is -1.16. The maximum absolute atomic E-state index is 13.3. The van der Waals surface area contributed by atoms with Crippen LogP contribution in [0.1, 0.15) is 135 Å². The van der Waals surface area contributed by atoms with Gasteiger partial charge >= 0.3 is 13.8 Å². The molecule has 1 fully saturated rings. The Balaban J connectivity index is 1.24. The van der Waals surface area contributed by atoms with Crippen LogP contribution in [-0.2, 0) is 49.6 Å². The fourth-order valence-corrected chi connectivity index (χ4v) is 7.99. The Hall–Kier alpha value is -3.45. The number of hydrogen-bond acceptors (Lipinski definition) is 13. The van der Waals surface area contributed by atoms with Gasteiger partial charge in [-0.2, -0.15) is 10.4 Å². The molecular formula is C44H68N5O10P. The van der Waals surface area contributed by atoms with Crippen molar-refractivity contribution in [3.05, 3.63) is 60.0 Å². The smallest absolute Gasteiger partial charge is 0.456 e. The predicted octanol–water partition coefficient (Wildman–Crippen LogP) is 8.35. The summed E-state index contributed by atoms with van der Waals surface area (Å²) < 4.78 is 49.0. The molecule has 1 saturated heterocycles. The highest BCUT2D eigenvalue weighted by Crippen LogP contribution is 2.47. The summed E-state index contributed by atoms with van der Waals surface area (Å²) in [6, 6.07) is 14.5. The highest BCUT2D eigenvalue weighted by Gasteiger charge is 2.60. The highest BCUT2D eigenvalue weighted by molar-refractivity contribution is 7.47. The first-order chi connectivity index (χ1) is 29.0. The predicted molar refractivity (Wildman–Crippen MR) is 227 cm³/mol. The lowest BCUT2D eigenvalue weighted by atomic mass is 9.92. The molecule has 0 amide bonds. The van der Waals surface area contributed by atoms with E-state index in [1.165, 1.54) is 100 Å². The van der Waals surface area contributed by atoms with Crippen LogP contribution in [0.2, 0.25) is 0 Å². The Bertz CT molecular complexity index is 1770. The summed E-state index contributed by atoms with van der Waals surface area (Å²) in [4.78, 5) is 27.5. The summed E-state index contributed by atoms with van der Waals surface area (Å²) in [5, 5.41) is 26.1. The lowest BCUT2D eigenvalue weighted by Gasteiger charge is -2.25. The molecule has 1 aromatic carbocycles. The van der Waals surface area contributed by atoms with Gasteiger partial charge in [-0.1, -0.05) is 147 Å². The number of hydrogen-bond donors (Lipinski definition) is 3. The molecule has 6 atom stereocenters. The molecule has 0 spiro atoms. The normalized spacial score (nSPS) is 20.6. The molecule has 4 rings (SSSR count). The number of benzene rings is 1. The number of carbonyl (C=O) groups excluding carboxylic acids is 1. The van der Waals surface area contributed by atoms with Crippen LogP contribution in [0.4, 0.5) is 5.82 Å². The fraction of sp³-hybridized carbons (Fsp3) is 0.682. The SMILES string of the molecule is CCCCCCCCCCCCCCCCCCOC[C@H](COP(=O)(O)OC[C@H]1O[C@@](C#N)(c2ccc3c(N)ncnn23)[C@H](O)[C@@H]1OC(=O)C(C)C)OCc1ccccc1. The van der Waals surface area contributed by atoms with Gasteiger partial charge in [0, 0.05) is 6.61 Å². The third-order valence-electron chi connectivity index (χ3n) is 10.8. The summed E-state index contributed by atoms with van der Waals surface area (Å²) in [6.45, 7) is 5.32. The van der Waals surface area contributed by atoms with Crippen molar-refractivity contribution in [2.45, 2.75) is 160 Å². The van der Waals surface area contributed by atoms with E-state index in [1.54, 1.807) is 19.9 Å². The van der Waals surface area contributed by atoms with Crippen LogP contribution in [0.25, 0.3) is 5.52 Å². The van der Waals surface area contributed by atoms with Gasteiger partial charge in [0.25, 0.3) is 0 Å². The number of aliphatic hydroxyl groups excluding tert-OH is 1. The number of aliphatic hydroxyl groups is 1. The van der Waals surface area contributed by atoms with Gasteiger partial charge in [0.1, 0.15) is 36.2 Å². The Morgan fingerprint density at radius 3 is 2.15 bits per heavy atom. The maximum atomic E-state index is 13.3. The fourth-order valence-electron chi connectivity index (χ4n) is 7.23. The van der Waals surface area contributed by atoms with Gasteiger partial charge in [-0.15, -0.1) is 0 Å². The number of nitrogens with two attached hydrogens (primary N) is 1. The zero-order valence-corrected chi connectivity index (χ0v) is 36.7. The quantitative estimate of drug-likeness (QED) is 0.0316. The van der Waals surface area contributed by atoms with Gasteiger partial charge in [-0.3, -0.25) is 13.8 Å². The number of ether oxygens (including phenoxy) is 4. The minimum Gasteiger partial charge on any atom is -0.456 e. The first kappa shape index (κ1) is 49.2. The van der Waals surface area contributed by atoms with Gasteiger partial charge in [0.2, 0.25) is 5.60 Å². The van der Waals surface area contributed by atoms with E-state index in [0.717, 1.165) is 24.8 Å². The number of unbranched alkanes of at least 4 members (excludes halogenated alkanes) is 15. The van der Waals surface area contributed by atoms with Crippen LogP contribution in [0.15, 0.2) is 48.8 Å². The Morgan fingerprint density at radius 2 is 1.55 bits per heavy atom. The zero-order chi connectivity index (χ0) is 43.2. The summed E-state index contributed by atoms with van der Waals surface area (Å²) >= 11 is 0. The molecule has 1 aliphatic heterocycles. The minimum absolute atomic E-state index is 0.0797. The van der Waals surface area contributed by atoms with Crippen LogP contribution in [-0.4, -0.2) is 81.4 Å². The number of fused-ring (bicyclic) bond motifs is 1. The first-order valence-electron chi connectivity index (χ1n) is 21.9. The van der Waals surface area contributed by atoms with Gasteiger partial charge < -0.3 is 34.7 Å². The van der Waals surface area contributed by atoms with E-state index >= 15 is 0 Å². The van der Waals surface area contributed by atoms with E-state index in [9.17, 15) is 24.6 Å². The maximum Gasteiger partial charge on any atom is 0.472 e. The molecule has 15 nitrogen and oxygen atoms in total. The number of anilines is 1. The van der Waals surface area contributed by atoms with E-state index in [0.29, 0.717) is 12.1 Å². The number of esters is 1. The average Bonchev–Trinajstić information content (AvgIpc) is 3.80. The molecule has 3 aromatic rings. The van der Waals surface area contributed by atoms with Crippen LogP contribution >= 0.6 is 7.82 Å². The summed E-state index contributed by atoms with van der Waals surface area (Å²) in [5.41, 5.74) is 5.19. The van der Waals surface area contributed by atoms with Crippen molar-refractivity contribution in [1.29, 1.82) is 5.26 Å². The monoisotopic (exact) mass is 857 g/mol. The summed E-state index contributed by atoms with van der Waals surface area (Å²) in [7, 11) is -4.79. The molecule has 3 heterocycles. The molecule has 4 N–H and O–H groups in total. The number of carbonyl (C=O) groups is 1. The molecule has 0 aliphatic carbocycles. The Labute approximate surface area is 355 Å². The van der Waals surface area contributed by atoms with E-state index in [-0.39, 0.29) is 31.3 Å². The number of phosphoric ester groups is 1. The van der Waals surface area contributed by atoms with E-state index in [2.05, 4.69) is 17.0 Å². The van der Waals surface area contributed by atoms with Crippen molar-refractivity contribution in [3.8, 4) is 6.07 Å². The average molecular weight is 858 g/mol. The van der Waals surface area contributed by atoms with E-state index < -0.39 is 56.3 Å². The van der Waals surface area contributed by atoms with Gasteiger partial charge in [-0.05, 0) is 24.1 Å². The number of rotatable bonds is 31. The number of aromatic nitrogens is 3. The van der Waals surface area contributed by atoms with Crippen LogP contribution in [0.3, 0.4) is 0 Å². The molecule has 0 bridgehead atoms. The van der Waals surface area contributed by atoms with Crippen LogP contribution in [0.5, 0.6) is 0 Å². The standard InChI is InChI=1S/C44H68N5O10P/c1-4-5-6-7-8-9-10-11-12-13-14-15-16-17-18-22-27-54-29-36(55-28-35-23-20-19-21-24-35)30-56-60(52,53)57-31-38-40(58-43(51)34(2)3)41(50)44(32-45,59-38)39-26-25-37-42(46)47-33-48-49(37)39/h19-21,23-26,33-34,36,38,40-41,50H,4-18,22,27-31H2,1-3H3,(H,52,53)(H2,46,47,48)/t36-,38-,40-,41-,44+/m1/s1. The topological polar surface area (TPSA) is 210 Å². The second-order valence-corrected chi connectivity index (χ2v) is 17.5. The molecule has 2 aromatic heterocycles. The van der Waals surface area contributed by atoms with Gasteiger partial charge in [0.15, 0.2) is 11.9 Å². The van der Waals surface area contributed by atoms with Crippen LogP contribution in [0, 0.1) is 17.2 Å². The van der Waals surface area contributed by atoms with Gasteiger partial charge in [-0.25, -0.2) is 14.1 Å². The minimum atomic E-state index is -4.79. The number of nitrogens with zero attached hydrogens (tertiary/aromatic N) is 4. The van der Waals surface area contributed by atoms with Gasteiger partial charge in [0.05, 0.1) is 38.0 Å². The Kier molecular flexibility index (Phi) is 21.4. The van der Waals surface area contributed by atoms with E-state index in [4.69, 9.17) is 33.7 Å². The van der Waals surface area contributed by atoms with Crippen molar-refractivity contribution in [1.82, 2.24) is 14.6 Å². The van der Waals surface area contributed by atoms with Crippen molar-refractivity contribution in [2.75, 3.05) is 32.2 Å². The molecule has 0 saturated carbocycles. The molecule has 60 heavy (non-hydrogen) atoms. The first-order valence-corrected chi connectivity index (χ1v) is 23.4. The van der Waals surface area contributed by atoms with Crippen molar-refractivity contribution < 1.29 is 47.4 Å². The molecule has 1 unspecified atom stereocenters. The third kappa shape index (κ3) is 15.5. The lowest BCUT2D eigenvalue weighted by Crippen LogP contribution is -2.43. The lowest BCUT2D eigenvalue weighted by molar-refractivity contribution is -0.160. The summed E-state index contributed by atoms with van der Waals surface area (Å²) in [6.07, 6.45) is 16.4. The molecule has 0 radical (unpaired) electrons. The molecular weight excluding hydrogens is 789 g/mol. The van der Waals surface area contributed by atoms with Crippen molar-refractivity contribution in [3.63, 3.8) is 0 Å². The molecule has 1 aliphatic rings. The number of nitrogen functional groups attached to an aromatic ring is 1. The van der Waals surface area contributed by atoms with E-state index in [1.807, 2.05) is 36.4 Å². The van der Waals surface area contributed by atoms with Crippen molar-refractivity contribution >= 4 is 25.1 Å². The zero-order valence-electron chi connectivity index (χ0n) is 35.8. The molecule has 334 valence electrons. The van der Waals surface area contributed by atoms with Crippen LogP contribution < -0.4 is 5.73 Å². The van der Waals surface area contributed by atoms with Crippen molar-refractivity contribution in [2.24, 2.45) is 5.92 Å². The largest absolute Gasteiger partial charge is 0.472 e.